The lowest BCUT2D eigenvalue weighted by Gasteiger charge is -2.04. The summed E-state index contributed by atoms with van der Waals surface area (Å²) in [7, 11) is 0. The van der Waals surface area contributed by atoms with Crippen molar-refractivity contribution in [1.29, 1.82) is 5.26 Å². The number of phenolic OH excluding ortho intramolecular Hbond substituents is 1. The maximum Gasteiger partial charge on any atom is 0.118 e. The molecule has 0 fully saturated rings. The Bertz CT molecular complexity index is 567. The van der Waals surface area contributed by atoms with Gasteiger partial charge in [-0.25, -0.2) is 0 Å². The Balaban J connectivity index is 2.51. The molecule has 2 aromatic carbocycles. The molecule has 2 heteroatoms. The van der Waals surface area contributed by atoms with E-state index in [9.17, 15) is 5.11 Å². The fraction of sp³-hybridized carbons (Fsp3) is 0.0714. The summed E-state index contributed by atoms with van der Waals surface area (Å²) in [6.07, 6.45) is 0. The summed E-state index contributed by atoms with van der Waals surface area (Å²) in [5.74, 6) is 0.292. The van der Waals surface area contributed by atoms with Gasteiger partial charge in [0.25, 0.3) is 0 Å². The van der Waals surface area contributed by atoms with Gasteiger partial charge in [0.2, 0.25) is 0 Å². The predicted molar refractivity (Wildman–Crippen MR) is 63.0 cm³/mol. The Hall–Kier alpha value is -2.27. The molecule has 0 amide bonds. The van der Waals surface area contributed by atoms with Crippen LogP contribution in [0.15, 0.2) is 42.5 Å². The molecule has 0 aliphatic rings. The van der Waals surface area contributed by atoms with Crippen molar-refractivity contribution < 1.29 is 5.11 Å². The van der Waals surface area contributed by atoms with Crippen LogP contribution in [0.1, 0.15) is 11.1 Å². The van der Waals surface area contributed by atoms with Gasteiger partial charge in [-0.1, -0.05) is 18.2 Å². The number of rotatable bonds is 1. The number of hydrogen-bond donors (Lipinski definition) is 1. The van der Waals surface area contributed by atoms with Crippen molar-refractivity contribution in [2.24, 2.45) is 0 Å². The Morgan fingerprint density at radius 1 is 1.06 bits per heavy atom. The molecule has 0 unspecified atom stereocenters. The first kappa shape index (κ1) is 10.3. The first-order chi connectivity index (χ1) is 7.70. The summed E-state index contributed by atoms with van der Waals surface area (Å²) in [5, 5.41) is 18.3. The van der Waals surface area contributed by atoms with Crippen LogP contribution in [-0.4, -0.2) is 5.11 Å². The third kappa shape index (κ3) is 1.89. The SMILES string of the molecule is Cc1cc(-c2cccc(C#N)c2)ccc1O. The average Bonchev–Trinajstić information content (AvgIpc) is 2.33. The van der Waals surface area contributed by atoms with Gasteiger partial charge in [-0.15, -0.1) is 0 Å². The van der Waals surface area contributed by atoms with Crippen molar-refractivity contribution in [3.05, 3.63) is 53.6 Å². The van der Waals surface area contributed by atoms with Crippen molar-refractivity contribution in [1.82, 2.24) is 0 Å². The highest BCUT2D eigenvalue weighted by molar-refractivity contribution is 5.67. The molecule has 0 bridgehead atoms. The Morgan fingerprint density at radius 3 is 2.50 bits per heavy atom. The topological polar surface area (TPSA) is 44.0 Å². The van der Waals surface area contributed by atoms with E-state index in [0.717, 1.165) is 16.7 Å². The van der Waals surface area contributed by atoms with Crippen molar-refractivity contribution in [2.45, 2.75) is 6.92 Å². The highest BCUT2D eigenvalue weighted by atomic mass is 16.3. The van der Waals surface area contributed by atoms with E-state index >= 15 is 0 Å². The third-order valence-electron chi connectivity index (χ3n) is 2.52. The van der Waals surface area contributed by atoms with Gasteiger partial charge in [0.1, 0.15) is 5.75 Å². The molecule has 0 saturated heterocycles. The van der Waals surface area contributed by atoms with Crippen LogP contribution in [0.4, 0.5) is 0 Å². The van der Waals surface area contributed by atoms with Crippen LogP contribution >= 0.6 is 0 Å². The zero-order valence-corrected chi connectivity index (χ0v) is 8.94. The molecule has 0 saturated carbocycles. The Kier molecular flexibility index (Phi) is 2.61. The van der Waals surface area contributed by atoms with Crippen LogP contribution < -0.4 is 0 Å². The molecule has 0 heterocycles. The molecule has 0 atom stereocenters. The molecule has 0 radical (unpaired) electrons. The normalized spacial score (nSPS) is 9.75. The molecule has 2 rings (SSSR count). The zero-order valence-electron chi connectivity index (χ0n) is 8.94. The zero-order chi connectivity index (χ0) is 11.5. The van der Waals surface area contributed by atoms with Crippen LogP contribution in [0.2, 0.25) is 0 Å². The molecule has 0 aromatic heterocycles. The van der Waals surface area contributed by atoms with Gasteiger partial charge >= 0.3 is 0 Å². The van der Waals surface area contributed by atoms with Crippen molar-refractivity contribution in [3.8, 4) is 22.9 Å². The molecule has 2 aromatic rings. The van der Waals surface area contributed by atoms with E-state index < -0.39 is 0 Å². The third-order valence-corrected chi connectivity index (χ3v) is 2.52. The van der Waals surface area contributed by atoms with Crippen LogP contribution in [0, 0.1) is 18.3 Å². The molecule has 78 valence electrons. The van der Waals surface area contributed by atoms with Crippen LogP contribution in [-0.2, 0) is 0 Å². The largest absolute Gasteiger partial charge is 0.508 e. The minimum absolute atomic E-state index is 0.292. The first-order valence-corrected chi connectivity index (χ1v) is 5.01. The van der Waals surface area contributed by atoms with E-state index in [0.29, 0.717) is 11.3 Å². The Morgan fingerprint density at radius 2 is 1.81 bits per heavy atom. The highest BCUT2D eigenvalue weighted by Crippen LogP contribution is 2.25. The van der Waals surface area contributed by atoms with Gasteiger partial charge in [0, 0.05) is 0 Å². The van der Waals surface area contributed by atoms with Crippen molar-refractivity contribution >= 4 is 0 Å². The second-order valence-electron chi connectivity index (χ2n) is 3.69. The lowest BCUT2D eigenvalue weighted by Crippen LogP contribution is -1.82. The summed E-state index contributed by atoms with van der Waals surface area (Å²) in [5.41, 5.74) is 3.47. The second-order valence-corrected chi connectivity index (χ2v) is 3.69. The van der Waals surface area contributed by atoms with Crippen LogP contribution in [0.5, 0.6) is 5.75 Å². The smallest absolute Gasteiger partial charge is 0.118 e. The molecule has 1 N–H and O–H groups in total. The molecule has 2 nitrogen and oxygen atoms in total. The number of phenols is 1. The summed E-state index contributed by atoms with van der Waals surface area (Å²) in [4.78, 5) is 0. The Labute approximate surface area is 94.4 Å². The van der Waals surface area contributed by atoms with Crippen LogP contribution in [0.3, 0.4) is 0 Å². The molecule has 0 aliphatic heterocycles. The predicted octanol–water partition coefficient (Wildman–Crippen LogP) is 3.24. The fourth-order valence-corrected chi connectivity index (χ4v) is 1.60. The van der Waals surface area contributed by atoms with Gasteiger partial charge in [-0.3, -0.25) is 0 Å². The lowest BCUT2D eigenvalue weighted by atomic mass is 10.0. The van der Waals surface area contributed by atoms with E-state index in [4.69, 9.17) is 5.26 Å². The minimum atomic E-state index is 0.292. The lowest BCUT2D eigenvalue weighted by molar-refractivity contribution is 0.471. The number of hydrogen-bond acceptors (Lipinski definition) is 2. The van der Waals surface area contributed by atoms with E-state index in [-0.39, 0.29) is 0 Å². The standard InChI is InChI=1S/C14H11NO/c1-10-7-13(5-6-14(10)16)12-4-2-3-11(8-12)9-15/h2-8,16H,1H3. The van der Waals surface area contributed by atoms with Crippen molar-refractivity contribution in [2.75, 3.05) is 0 Å². The quantitative estimate of drug-likeness (QED) is 0.783. The maximum absolute atomic E-state index is 9.44. The summed E-state index contributed by atoms with van der Waals surface area (Å²) < 4.78 is 0. The van der Waals surface area contributed by atoms with Gasteiger partial charge in [-0.2, -0.15) is 5.26 Å². The molecular formula is C14H11NO. The molecule has 0 spiro atoms. The van der Waals surface area contributed by atoms with Crippen molar-refractivity contribution in [3.63, 3.8) is 0 Å². The monoisotopic (exact) mass is 209 g/mol. The van der Waals surface area contributed by atoms with Crippen LogP contribution in [0.25, 0.3) is 11.1 Å². The van der Waals surface area contributed by atoms with Gasteiger partial charge in [0.05, 0.1) is 11.6 Å². The fourth-order valence-electron chi connectivity index (χ4n) is 1.60. The number of aryl methyl sites for hydroxylation is 1. The van der Waals surface area contributed by atoms with E-state index in [1.165, 1.54) is 0 Å². The van der Waals surface area contributed by atoms with E-state index in [1.54, 1.807) is 12.1 Å². The van der Waals surface area contributed by atoms with Gasteiger partial charge in [0.15, 0.2) is 0 Å². The second kappa shape index (κ2) is 4.08. The van der Waals surface area contributed by atoms with E-state index in [2.05, 4.69) is 6.07 Å². The maximum atomic E-state index is 9.44. The van der Waals surface area contributed by atoms with E-state index in [1.807, 2.05) is 37.3 Å². The number of nitrogens with zero attached hydrogens (tertiary/aromatic N) is 1. The van der Waals surface area contributed by atoms with Gasteiger partial charge < -0.3 is 5.11 Å². The summed E-state index contributed by atoms with van der Waals surface area (Å²) >= 11 is 0. The number of benzene rings is 2. The molecular weight excluding hydrogens is 198 g/mol. The number of nitriles is 1. The number of aromatic hydroxyl groups is 1. The highest BCUT2D eigenvalue weighted by Gasteiger charge is 2.01. The summed E-state index contributed by atoms with van der Waals surface area (Å²) in [6.45, 7) is 1.85. The molecule has 0 aliphatic carbocycles. The average molecular weight is 209 g/mol. The summed E-state index contributed by atoms with van der Waals surface area (Å²) in [6, 6.07) is 15.0. The first-order valence-electron chi connectivity index (χ1n) is 5.01. The minimum Gasteiger partial charge on any atom is -0.508 e. The molecule has 16 heavy (non-hydrogen) atoms. The van der Waals surface area contributed by atoms with Gasteiger partial charge in [-0.05, 0) is 47.9 Å².